The second-order valence-electron chi connectivity index (χ2n) is 16.4. The van der Waals surface area contributed by atoms with Crippen molar-refractivity contribution in [3.05, 3.63) is 107 Å². The van der Waals surface area contributed by atoms with E-state index in [1.54, 1.807) is 23.9 Å². The SMILES string of the molecule is CCc1cnn2c(NCc3ccc(=O)n(CCN(C)CCN(C)c4cc(OC)c(Nc5nccc(-c6cn(C)c7ccccc67)n5)cc4N)c3)cc(N3CCCC[C@H]3CCO)nc12. The van der Waals surface area contributed by atoms with Gasteiger partial charge in [0.25, 0.3) is 5.56 Å². The minimum Gasteiger partial charge on any atom is -0.494 e. The van der Waals surface area contributed by atoms with Crippen LogP contribution < -0.4 is 36.5 Å². The van der Waals surface area contributed by atoms with E-state index in [2.05, 4.69) is 78.4 Å². The maximum Gasteiger partial charge on any atom is 0.250 e. The highest BCUT2D eigenvalue weighted by Gasteiger charge is 2.25. The Morgan fingerprint density at radius 3 is 2.70 bits per heavy atom. The normalized spacial score (nSPS) is 14.2. The van der Waals surface area contributed by atoms with Crippen LogP contribution in [0.25, 0.3) is 27.8 Å². The van der Waals surface area contributed by atoms with Crippen LogP contribution in [0.1, 0.15) is 43.7 Å². The molecule has 0 saturated carbocycles. The zero-order chi connectivity index (χ0) is 44.0. The van der Waals surface area contributed by atoms with Crippen LogP contribution in [0, 0.1) is 0 Å². The van der Waals surface area contributed by atoms with Gasteiger partial charge in [0.2, 0.25) is 5.95 Å². The summed E-state index contributed by atoms with van der Waals surface area (Å²) < 4.78 is 11.6. The summed E-state index contributed by atoms with van der Waals surface area (Å²) in [6.07, 6.45) is 12.5. The molecule has 6 heterocycles. The van der Waals surface area contributed by atoms with Crippen molar-refractivity contribution in [1.82, 2.24) is 38.6 Å². The fourth-order valence-electron chi connectivity index (χ4n) is 8.57. The fraction of sp³-hybridized carbons (Fsp3) is 0.383. The molecule has 2 aromatic carbocycles. The van der Waals surface area contributed by atoms with E-state index in [0.717, 1.165) is 101 Å². The van der Waals surface area contributed by atoms with Crippen LogP contribution in [0.3, 0.4) is 0 Å². The number of hydrogen-bond donors (Lipinski definition) is 4. The molecule has 0 amide bonds. The number of rotatable bonds is 18. The lowest BCUT2D eigenvalue weighted by Crippen LogP contribution is -2.40. The van der Waals surface area contributed by atoms with E-state index in [4.69, 9.17) is 20.4 Å². The van der Waals surface area contributed by atoms with E-state index in [-0.39, 0.29) is 18.2 Å². The van der Waals surface area contributed by atoms with E-state index >= 15 is 0 Å². The van der Waals surface area contributed by atoms with Crippen molar-refractivity contribution < 1.29 is 9.84 Å². The summed E-state index contributed by atoms with van der Waals surface area (Å²) in [4.78, 5) is 34.1. The van der Waals surface area contributed by atoms with Gasteiger partial charge < -0.3 is 50.0 Å². The van der Waals surface area contributed by atoms with Crippen molar-refractivity contribution in [2.75, 3.05) is 80.2 Å². The van der Waals surface area contributed by atoms with Crippen molar-refractivity contribution in [3.8, 4) is 17.0 Å². The number of nitrogen functional groups attached to an aromatic ring is 1. The number of piperidine rings is 1. The van der Waals surface area contributed by atoms with Gasteiger partial charge in [-0.15, -0.1) is 0 Å². The highest BCUT2D eigenvalue weighted by atomic mass is 16.5. The quantitative estimate of drug-likeness (QED) is 0.0725. The molecule has 1 aliphatic heterocycles. The molecule has 1 atom stereocenters. The predicted octanol–water partition coefficient (Wildman–Crippen LogP) is 6.16. The smallest absolute Gasteiger partial charge is 0.250 e. The number of nitrogens with two attached hydrogens (primary N) is 1. The molecular weight excluding hydrogens is 795 g/mol. The molecular formula is C47H59N13O3. The number of hydrogen-bond acceptors (Lipinski definition) is 13. The van der Waals surface area contributed by atoms with Crippen molar-refractivity contribution in [2.24, 2.45) is 7.05 Å². The summed E-state index contributed by atoms with van der Waals surface area (Å²) >= 11 is 0. The predicted molar refractivity (Wildman–Crippen MR) is 252 cm³/mol. The first-order valence-electron chi connectivity index (χ1n) is 21.8. The van der Waals surface area contributed by atoms with Gasteiger partial charge in [-0.25, -0.2) is 15.0 Å². The number of para-hydroxylation sites is 1. The molecule has 16 heteroatoms. The number of anilines is 6. The zero-order valence-electron chi connectivity index (χ0n) is 37.0. The minimum atomic E-state index is -0.0446. The zero-order valence-corrected chi connectivity index (χ0v) is 37.0. The molecule has 16 nitrogen and oxygen atoms in total. The van der Waals surface area contributed by atoms with Crippen LogP contribution in [-0.4, -0.2) is 104 Å². The van der Waals surface area contributed by atoms with E-state index in [1.807, 2.05) is 67.4 Å². The molecule has 1 saturated heterocycles. The van der Waals surface area contributed by atoms with Crippen LogP contribution >= 0.6 is 0 Å². The molecule has 330 valence electrons. The Morgan fingerprint density at radius 1 is 1.02 bits per heavy atom. The third-order valence-electron chi connectivity index (χ3n) is 12.2. The summed E-state index contributed by atoms with van der Waals surface area (Å²) in [6, 6.07) is 19.8. The van der Waals surface area contributed by atoms with E-state index in [0.29, 0.717) is 49.3 Å². The molecule has 0 unspecified atom stereocenters. The summed E-state index contributed by atoms with van der Waals surface area (Å²) in [5.41, 5.74) is 14.6. The number of methoxy groups -OCH3 is 1. The number of benzene rings is 2. The summed E-state index contributed by atoms with van der Waals surface area (Å²) in [6.45, 7) is 6.33. The average molecular weight is 854 g/mol. The van der Waals surface area contributed by atoms with Gasteiger partial charge in [0, 0.05) is 125 Å². The topological polar surface area (TPSA) is 172 Å². The highest BCUT2D eigenvalue weighted by molar-refractivity contribution is 5.95. The number of nitrogens with one attached hydrogen (secondary N) is 2. The van der Waals surface area contributed by atoms with E-state index in [1.165, 1.54) is 0 Å². The third-order valence-corrected chi connectivity index (χ3v) is 12.2. The molecule has 0 radical (unpaired) electrons. The number of likely N-dealkylation sites (N-methyl/N-ethyl adjacent to an activating group) is 2. The van der Waals surface area contributed by atoms with Gasteiger partial charge in [-0.2, -0.15) is 9.61 Å². The second kappa shape index (κ2) is 19.2. The largest absolute Gasteiger partial charge is 0.494 e. The number of pyridine rings is 1. The fourth-order valence-corrected chi connectivity index (χ4v) is 8.57. The molecule has 0 spiro atoms. The number of nitrogens with zero attached hydrogens (tertiary/aromatic N) is 10. The van der Waals surface area contributed by atoms with Crippen LogP contribution in [0.15, 0.2) is 90.2 Å². The monoisotopic (exact) mass is 853 g/mol. The first-order valence-corrected chi connectivity index (χ1v) is 21.8. The number of aliphatic hydroxyl groups is 1. The van der Waals surface area contributed by atoms with E-state index < -0.39 is 0 Å². The molecule has 7 aromatic rings. The number of ether oxygens (including phenoxy) is 1. The number of aryl methyl sites for hydroxylation is 2. The Labute approximate surface area is 368 Å². The van der Waals surface area contributed by atoms with Gasteiger partial charge in [0.1, 0.15) is 17.4 Å². The first-order chi connectivity index (χ1) is 30.6. The lowest BCUT2D eigenvalue weighted by atomic mass is 9.99. The number of aromatic nitrogens is 7. The van der Waals surface area contributed by atoms with Crippen molar-refractivity contribution in [3.63, 3.8) is 0 Å². The van der Waals surface area contributed by atoms with Gasteiger partial charge in [-0.05, 0) is 62.9 Å². The number of aliphatic hydroxyl groups excluding tert-OH is 1. The van der Waals surface area contributed by atoms with Crippen LogP contribution in [0.2, 0.25) is 0 Å². The van der Waals surface area contributed by atoms with Crippen LogP contribution in [-0.2, 0) is 26.6 Å². The third kappa shape index (κ3) is 9.42. The average Bonchev–Trinajstić information content (AvgIpc) is 3.88. The molecule has 63 heavy (non-hydrogen) atoms. The van der Waals surface area contributed by atoms with E-state index in [9.17, 15) is 9.90 Å². The van der Waals surface area contributed by atoms with Gasteiger partial charge in [0.05, 0.1) is 36.1 Å². The molecule has 1 aliphatic rings. The Kier molecular flexibility index (Phi) is 13.1. The molecule has 1 fully saturated rings. The van der Waals surface area contributed by atoms with Crippen molar-refractivity contribution >= 4 is 51.2 Å². The van der Waals surface area contributed by atoms with Gasteiger partial charge in [-0.3, -0.25) is 4.79 Å². The van der Waals surface area contributed by atoms with Gasteiger partial charge in [-0.1, -0.05) is 31.2 Å². The maximum atomic E-state index is 13.0. The molecule has 0 bridgehead atoms. The van der Waals surface area contributed by atoms with Crippen molar-refractivity contribution in [1.29, 1.82) is 0 Å². The summed E-state index contributed by atoms with van der Waals surface area (Å²) in [5.74, 6) is 2.79. The lowest BCUT2D eigenvalue weighted by molar-refractivity contribution is 0.262. The summed E-state index contributed by atoms with van der Waals surface area (Å²) in [5, 5.41) is 22.5. The Hall–Kier alpha value is -6.65. The Bertz CT molecular complexity index is 2740. The number of fused-ring (bicyclic) bond motifs is 2. The minimum absolute atomic E-state index is 0.0446. The second-order valence-corrected chi connectivity index (χ2v) is 16.4. The van der Waals surface area contributed by atoms with Crippen molar-refractivity contribution in [2.45, 2.75) is 58.2 Å². The standard InChI is InChI=1S/C47H59N13O3/c1-6-33-29-51-60-43(27-44(54-46(33)60)59-19-10-9-11-34(59)17-24-61)50-28-32-14-15-45(62)58(30-32)23-21-55(2)20-22-56(3)41-26-42(63-5)39(25-37(41)48)53-47-49-18-16-38(52-47)36-31-57(4)40-13-8-7-12-35(36)40/h7-8,12-16,18,25-27,29-31,34,50,61H,6,9-11,17,19-24,28,48H2,1-5H3,(H,49,52,53)/t34-/m0/s1. The Balaban J connectivity index is 0.885. The highest BCUT2D eigenvalue weighted by Crippen LogP contribution is 2.37. The molecule has 8 rings (SSSR count). The van der Waals surface area contributed by atoms with Gasteiger partial charge >= 0.3 is 0 Å². The maximum absolute atomic E-state index is 13.0. The molecule has 0 aliphatic carbocycles. The van der Waals surface area contributed by atoms with Crippen LogP contribution in [0.5, 0.6) is 5.75 Å². The lowest BCUT2D eigenvalue weighted by Gasteiger charge is -2.36. The van der Waals surface area contributed by atoms with Gasteiger partial charge in [0.15, 0.2) is 5.65 Å². The summed E-state index contributed by atoms with van der Waals surface area (Å²) in [7, 11) is 7.73. The molecule has 5 aromatic heterocycles. The Morgan fingerprint density at radius 2 is 1.87 bits per heavy atom. The molecule has 5 N–H and O–H groups in total. The first kappa shape index (κ1) is 43.0. The van der Waals surface area contributed by atoms with Crippen LogP contribution in [0.4, 0.5) is 34.6 Å².